The van der Waals surface area contributed by atoms with E-state index in [1.54, 1.807) is 23.9 Å². The van der Waals surface area contributed by atoms with Crippen LogP contribution in [0.2, 0.25) is 0 Å². The first kappa shape index (κ1) is 8.44. The van der Waals surface area contributed by atoms with Crippen LogP contribution < -0.4 is 5.32 Å². The van der Waals surface area contributed by atoms with Gasteiger partial charge < -0.3 is 10.4 Å². The summed E-state index contributed by atoms with van der Waals surface area (Å²) in [7, 11) is 0. The Kier molecular flexibility index (Phi) is 2.14. The van der Waals surface area contributed by atoms with Crippen LogP contribution in [0.15, 0.2) is 23.1 Å². The van der Waals surface area contributed by atoms with Crippen LogP contribution in [0.5, 0.6) is 5.75 Å². The third kappa shape index (κ3) is 1.62. The molecule has 1 aliphatic rings. The highest BCUT2D eigenvalue weighted by atomic mass is 32.2. The average Bonchev–Trinajstić information content (AvgIpc) is 2.28. The average molecular weight is 195 g/mol. The lowest BCUT2D eigenvalue weighted by molar-refractivity contribution is 0.0954. The van der Waals surface area contributed by atoms with E-state index in [9.17, 15) is 9.90 Å². The lowest BCUT2D eigenvalue weighted by Crippen LogP contribution is -2.23. The minimum Gasteiger partial charge on any atom is -0.508 e. The maximum absolute atomic E-state index is 11.4. The fourth-order valence-corrected chi connectivity index (χ4v) is 2.18. The minimum absolute atomic E-state index is 0.0556. The van der Waals surface area contributed by atoms with Gasteiger partial charge in [-0.05, 0) is 18.2 Å². The Morgan fingerprint density at radius 2 is 2.31 bits per heavy atom. The van der Waals surface area contributed by atoms with E-state index in [0.29, 0.717) is 12.1 Å². The number of benzene rings is 1. The number of phenolic OH excluding ortho intramolecular Hbond substituents is 1. The van der Waals surface area contributed by atoms with E-state index in [4.69, 9.17) is 0 Å². The van der Waals surface area contributed by atoms with Gasteiger partial charge in [0, 0.05) is 17.2 Å². The summed E-state index contributed by atoms with van der Waals surface area (Å²) < 4.78 is 0. The summed E-state index contributed by atoms with van der Waals surface area (Å²) in [5, 5.41) is 12.0. The van der Waals surface area contributed by atoms with Gasteiger partial charge in [0.05, 0.1) is 5.56 Å². The van der Waals surface area contributed by atoms with Crippen molar-refractivity contribution in [2.45, 2.75) is 4.90 Å². The van der Waals surface area contributed by atoms with Gasteiger partial charge in [0.25, 0.3) is 5.91 Å². The number of hydrogen-bond donors (Lipinski definition) is 2. The second-order valence-corrected chi connectivity index (χ2v) is 3.92. The van der Waals surface area contributed by atoms with E-state index in [-0.39, 0.29) is 11.7 Å². The van der Waals surface area contributed by atoms with Gasteiger partial charge in [-0.2, -0.15) is 0 Å². The number of thioether (sulfide) groups is 1. The second kappa shape index (κ2) is 3.30. The van der Waals surface area contributed by atoms with Crippen LogP contribution in [-0.4, -0.2) is 23.3 Å². The summed E-state index contributed by atoms with van der Waals surface area (Å²) in [4.78, 5) is 12.3. The van der Waals surface area contributed by atoms with Gasteiger partial charge in [0.1, 0.15) is 5.75 Å². The van der Waals surface area contributed by atoms with E-state index in [1.807, 2.05) is 0 Å². The van der Waals surface area contributed by atoms with E-state index >= 15 is 0 Å². The molecular formula is C9H9NO2S. The van der Waals surface area contributed by atoms with Gasteiger partial charge in [-0.15, -0.1) is 11.8 Å². The molecular weight excluding hydrogens is 186 g/mol. The lowest BCUT2D eigenvalue weighted by atomic mass is 10.2. The number of fused-ring (bicyclic) bond motifs is 1. The molecule has 0 aliphatic carbocycles. The van der Waals surface area contributed by atoms with Crippen molar-refractivity contribution in [2.75, 3.05) is 12.3 Å². The molecule has 0 radical (unpaired) electrons. The molecule has 1 heterocycles. The van der Waals surface area contributed by atoms with Crippen LogP contribution in [0.25, 0.3) is 0 Å². The van der Waals surface area contributed by atoms with Gasteiger partial charge in [0.15, 0.2) is 0 Å². The maximum Gasteiger partial charge on any atom is 0.252 e. The topological polar surface area (TPSA) is 49.3 Å². The molecule has 0 saturated heterocycles. The Bertz CT molecular complexity index is 351. The van der Waals surface area contributed by atoms with Crippen LogP contribution in [0.1, 0.15) is 10.4 Å². The fourth-order valence-electron chi connectivity index (χ4n) is 1.24. The maximum atomic E-state index is 11.4. The summed E-state index contributed by atoms with van der Waals surface area (Å²) in [5.41, 5.74) is 0.653. The van der Waals surface area contributed by atoms with Crippen LogP contribution in [0.3, 0.4) is 0 Å². The van der Waals surface area contributed by atoms with Crippen molar-refractivity contribution in [1.82, 2.24) is 5.32 Å². The zero-order valence-corrected chi connectivity index (χ0v) is 7.73. The normalized spacial score (nSPS) is 15.8. The van der Waals surface area contributed by atoms with E-state index in [1.165, 1.54) is 6.07 Å². The molecule has 4 heteroatoms. The molecule has 0 saturated carbocycles. The molecule has 3 nitrogen and oxygen atoms in total. The van der Waals surface area contributed by atoms with Crippen molar-refractivity contribution < 1.29 is 9.90 Å². The van der Waals surface area contributed by atoms with E-state index < -0.39 is 0 Å². The number of aromatic hydroxyl groups is 1. The zero-order chi connectivity index (χ0) is 9.26. The fraction of sp³-hybridized carbons (Fsp3) is 0.222. The summed E-state index contributed by atoms with van der Waals surface area (Å²) >= 11 is 1.58. The molecule has 1 aromatic carbocycles. The summed E-state index contributed by atoms with van der Waals surface area (Å²) in [6, 6.07) is 4.81. The quantitative estimate of drug-likeness (QED) is 0.654. The first-order chi connectivity index (χ1) is 6.27. The first-order valence-electron chi connectivity index (χ1n) is 4.01. The minimum atomic E-state index is -0.0556. The third-order valence-electron chi connectivity index (χ3n) is 1.86. The molecule has 0 unspecified atom stereocenters. The largest absolute Gasteiger partial charge is 0.508 e. The van der Waals surface area contributed by atoms with Crippen LogP contribution in [0, 0.1) is 0 Å². The highest BCUT2D eigenvalue weighted by molar-refractivity contribution is 7.99. The van der Waals surface area contributed by atoms with Crippen molar-refractivity contribution in [2.24, 2.45) is 0 Å². The molecule has 0 fully saturated rings. The smallest absolute Gasteiger partial charge is 0.252 e. The van der Waals surface area contributed by atoms with Crippen molar-refractivity contribution in [1.29, 1.82) is 0 Å². The second-order valence-electron chi connectivity index (χ2n) is 2.78. The number of amides is 1. The highest BCUT2D eigenvalue weighted by Crippen LogP contribution is 2.27. The standard InChI is InChI=1S/C9H9NO2S/c11-6-1-2-7-8(5-6)13-4-3-10-9(7)12/h1-2,5,11H,3-4H2,(H,10,12). The molecule has 13 heavy (non-hydrogen) atoms. The third-order valence-corrected chi connectivity index (χ3v) is 2.91. The molecule has 1 aromatic rings. The number of hydrogen-bond acceptors (Lipinski definition) is 3. The Labute approximate surface area is 80.1 Å². The van der Waals surface area contributed by atoms with Crippen molar-refractivity contribution in [3.05, 3.63) is 23.8 Å². The zero-order valence-electron chi connectivity index (χ0n) is 6.91. The van der Waals surface area contributed by atoms with Crippen molar-refractivity contribution >= 4 is 17.7 Å². The van der Waals surface area contributed by atoms with Gasteiger partial charge in [0.2, 0.25) is 0 Å². The SMILES string of the molecule is O=C1NCCSc2cc(O)ccc21. The molecule has 0 bridgehead atoms. The summed E-state index contributed by atoms with van der Waals surface area (Å²) in [5.74, 6) is 1.00. The Hall–Kier alpha value is -1.16. The van der Waals surface area contributed by atoms with Crippen molar-refractivity contribution in [3.8, 4) is 5.75 Å². The summed E-state index contributed by atoms with van der Waals surface area (Å²) in [6.07, 6.45) is 0. The Morgan fingerprint density at radius 1 is 1.46 bits per heavy atom. The molecule has 2 N–H and O–H groups in total. The molecule has 0 spiro atoms. The molecule has 1 amide bonds. The number of rotatable bonds is 0. The summed E-state index contributed by atoms with van der Waals surface area (Å²) in [6.45, 7) is 0.680. The molecule has 2 rings (SSSR count). The number of phenols is 1. The van der Waals surface area contributed by atoms with Crippen LogP contribution in [-0.2, 0) is 0 Å². The molecule has 0 atom stereocenters. The van der Waals surface area contributed by atoms with Gasteiger partial charge in [-0.3, -0.25) is 4.79 Å². The predicted molar refractivity (Wildman–Crippen MR) is 51.2 cm³/mol. The van der Waals surface area contributed by atoms with E-state index in [2.05, 4.69) is 5.32 Å². The number of carbonyl (C=O) groups is 1. The highest BCUT2D eigenvalue weighted by Gasteiger charge is 2.15. The monoisotopic (exact) mass is 195 g/mol. The van der Waals surface area contributed by atoms with Gasteiger partial charge in [-0.1, -0.05) is 0 Å². The number of carbonyl (C=O) groups excluding carboxylic acids is 1. The van der Waals surface area contributed by atoms with Gasteiger partial charge >= 0.3 is 0 Å². The Balaban J connectivity index is 2.48. The van der Waals surface area contributed by atoms with Crippen LogP contribution in [0.4, 0.5) is 0 Å². The van der Waals surface area contributed by atoms with Crippen molar-refractivity contribution in [3.63, 3.8) is 0 Å². The Morgan fingerprint density at radius 3 is 3.15 bits per heavy atom. The molecule has 68 valence electrons. The van der Waals surface area contributed by atoms with E-state index in [0.717, 1.165) is 10.6 Å². The van der Waals surface area contributed by atoms with Gasteiger partial charge in [-0.25, -0.2) is 0 Å². The molecule has 0 aromatic heterocycles. The lowest BCUT2D eigenvalue weighted by Gasteiger charge is -2.02. The number of nitrogens with one attached hydrogen (secondary N) is 1. The first-order valence-corrected chi connectivity index (χ1v) is 5.00. The van der Waals surface area contributed by atoms with Crippen LogP contribution >= 0.6 is 11.8 Å². The molecule has 1 aliphatic heterocycles. The predicted octanol–water partition coefficient (Wildman–Crippen LogP) is 1.23.